The number of halogens is 1. The summed E-state index contributed by atoms with van der Waals surface area (Å²) >= 11 is 1.58. The second-order valence-corrected chi connectivity index (χ2v) is 7.43. The van der Waals surface area contributed by atoms with Gasteiger partial charge in [0.2, 0.25) is 5.91 Å². The van der Waals surface area contributed by atoms with Crippen molar-refractivity contribution in [3.05, 3.63) is 51.7 Å². The Balaban J connectivity index is 1.73. The van der Waals surface area contributed by atoms with Crippen molar-refractivity contribution in [3.8, 4) is 0 Å². The van der Waals surface area contributed by atoms with Crippen molar-refractivity contribution in [1.29, 1.82) is 0 Å². The molecule has 0 saturated heterocycles. The number of methoxy groups -OCH3 is 1. The number of nitrogens with one attached hydrogen (secondary N) is 2. The van der Waals surface area contributed by atoms with Crippen LogP contribution in [0, 0.1) is 5.82 Å². The number of thiazole rings is 1. The molecule has 1 atom stereocenters. The fraction of sp³-hybridized carbons (Fsp3) is 0.450. The van der Waals surface area contributed by atoms with Crippen LogP contribution in [0.5, 0.6) is 0 Å². The maximum absolute atomic E-state index is 13.2. The van der Waals surface area contributed by atoms with Crippen LogP contribution in [0.25, 0.3) is 0 Å². The molecule has 0 saturated carbocycles. The summed E-state index contributed by atoms with van der Waals surface area (Å²) < 4.78 is 18.5. The molecule has 1 aromatic carbocycles. The van der Waals surface area contributed by atoms with E-state index < -0.39 is 0 Å². The average molecular weight is 422 g/mol. The zero-order valence-electron chi connectivity index (χ0n) is 17.2. The van der Waals surface area contributed by atoms with E-state index in [9.17, 15) is 9.18 Å². The normalized spacial score (nSPS) is 12.5. The SMILES string of the molecule is CN=C(NCCNC(=O)Cc1cccc(F)c1)N(C)Cc1csc(C(C)OC)n1. The van der Waals surface area contributed by atoms with Gasteiger partial charge < -0.3 is 20.3 Å². The van der Waals surface area contributed by atoms with Gasteiger partial charge in [0.15, 0.2) is 5.96 Å². The van der Waals surface area contributed by atoms with Gasteiger partial charge in [-0.25, -0.2) is 9.37 Å². The van der Waals surface area contributed by atoms with Crippen molar-refractivity contribution in [2.45, 2.75) is 26.0 Å². The first-order valence-corrected chi connectivity index (χ1v) is 10.2. The summed E-state index contributed by atoms with van der Waals surface area (Å²) in [5, 5.41) is 8.99. The van der Waals surface area contributed by atoms with Gasteiger partial charge in [-0.1, -0.05) is 12.1 Å². The van der Waals surface area contributed by atoms with Gasteiger partial charge >= 0.3 is 0 Å². The van der Waals surface area contributed by atoms with Crippen molar-refractivity contribution in [3.63, 3.8) is 0 Å². The molecule has 2 N–H and O–H groups in total. The van der Waals surface area contributed by atoms with Crippen molar-refractivity contribution in [2.24, 2.45) is 4.99 Å². The minimum atomic E-state index is -0.340. The van der Waals surface area contributed by atoms with Crippen molar-refractivity contribution >= 4 is 23.2 Å². The molecule has 1 heterocycles. The van der Waals surface area contributed by atoms with Crippen LogP contribution < -0.4 is 10.6 Å². The van der Waals surface area contributed by atoms with Crippen LogP contribution in [-0.4, -0.2) is 56.0 Å². The van der Waals surface area contributed by atoms with E-state index in [0.717, 1.165) is 10.7 Å². The number of aromatic nitrogens is 1. The van der Waals surface area contributed by atoms with Gasteiger partial charge in [0.05, 0.1) is 18.7 Å². The van der Waals surface area contributed by atoms with Gasteiger partial charge in [-0.3, -0.25) is 9.79 Å². The van der Waals surface area contributed by atoms with Crippen LogP contribution >= 0.6 is 11.3 Å². The van der Waals surface area contributed by atoms with E-state index in [-0.39, 0.29) is 24.2 Å². The van der Waals surface area contributed by atoms with Gasteiger partial charge in [-0.2, -0.15) is 0 Å². The number of hydrogen-bond acceptors (Lipinski definition) is 5. The summed E-state index contributed by atoms with van der Waals surface area (Å²) in [5.41, 5.74) is 1.60. The molecule has 158 valence electrons. The van der Waals surface area contributed by atoms with Crippen LogP contribution in [0.4, 0.5) is 4.39 Å². The first kappa shape index (κ1) is 22.8. The largest absolute Gasteiger partial charge is 0.375 e. The minimum Gasteiger partial charge on any atom is -0.375 e. The van der Waals surface area contributed by atoms with Gasteiger partial charge in [-0.05, 0) is 24.6 Å². The number of guanidine groups is 1. The monoisotopic (exact) mass is 421 g/mol. The van der Waals surface area contributed by atoms with Crippen LogP contribution in [0.15, 0.2) is 34.6 Å². The summed E-state index contributed by atoms with van der Waals surface area (Å²) in [4.78, 5) is 22.8. The van der Waals surface area contributed by atoms with E-state index in [1.54, 1.807) is 37.6 Å². The van der Waals surface area contributed by atoms with E-state index in [4.69, 9.17) is 4.74 Å². The number of rotatable bonds is 9. The molecule has 29 heavy (non-hydrogen) atoms. The Kier molecular flexibility index (Phi) is 9.01. The third-order valence-corrected chi connectivity index (χ3v) is 5.28. The van der Waals surface area contributed by atoms with Gasteiger partial charge in [0.1, 0.15) is 16.9 Å². The van der Waals surface area contributed by atoms with Gasteiger partial charge in [0.25, 0.3) is 0 Å². The second-order valence-electron chi connectivity index (χ2n) is 6.54. The third kappa shape index (κ3) is 7.43. The fourth-order valence-electron chi connectivity index (χ4n) is 2.66. The maximum atomic E-state index is 13.2. The van der Waals surface area contributed by atoms with Crippen molar-refractivity contribution in [2.75, 3.05) is 34.3 Å². The predicted octanol–water partition coefficient (Wildman–Crippen LogP) is 2.36. The molecule has 1 aromatic heterocycles. The zero-order valence-corrected chi connectivity index (χ0v) is 18.1. The highest BCUT2D eigenvalue weighted by Crippen LogP contribution is 2.20. The molecule has 0 aliphatic heterocycles. The van der Waals surface area contributed by atoms with Crippen molar-refractivity contribution < 1.29 is 13.9 Å². The Hall–Kier alpha value is -2.52. The first-order chi connectivity index (χ1) is 13.9. The highest BCUT2D eigenvalue weighted by Gasteiger charge is 2.12. The van der Waals surface area contributed by atoms with Crippen LogP contribution in [-0.2, 0) is 22.5 Å². The Morgan fingerprint density at radius 3 is 2.83 bits per heavy atom. The predicted molar refractivity (Wildman–Crippen MR) is 113 cm³/mol. The number of nitrogens with zero attached hydrogens (tertiary/aromatic N) is 3. The van der Waals surface area contributed by atoms with E-state index in [0.29, 0.717) is 31.2 Å². The highest BCUT2D eigenvalue weighted by molar-refractivity contribution is 7.09. The molecule has 0 aliphatic carbocycles. The van der Waals surface area contributed by atoms with Crippen LogP contribution in [0.2, 0.25) is 0 Å². The maximum Gasteiger partial charge on any atom is 0.224 e. The quantitative estimate of drug-likeness (QED) is 0.369. The lowest BCUT2D eigenvalue weighted by Gasteiger charge is -2.21. The van der Waals surface area contributed by atoms with E-state index >= 15 is 0 Å². The van der Waals surface area contributed by atoms with Crippen LogP contribution in [0.1, 0.15) is 29.3 Å². The third-order valence-electron chi connectivity index (χ3n) is 4.23. The Bertz CT molecular complexity index is 827. The Labute approximate surface area is 175 Å². The molecule has 0 spiro atoms. The van der Waals surface area contributed by atoms with Crippen molar-refractivity contribution in [1.82, 2.24) is 20.5 Å². The number of carbonyl (C=O) groups excluding carboxylic acids is 1. The number of aliphatic imine (C=N–C) groups is 1. The number of benzene rings is 1. The zero-order chi connectivity index (χ0) is 21.2. The molecule has 0 bridgehead atoms. The molecular weight excluding hydrogens is 393 g/mol. The lowest BCUT2D eigenvalue weighted by atomic mass is 10.1. The smallest absolute Gasteiger partial charge is 0.224 e. The minimum absolute atomic E-state index is 0.0208. The fourth-order valence-corrected chi connectivity index (χ4v) is 3.50. The van der Waals surface area contributed by atoms with Gasteiger partial charge in [0, 0.05) is 39.7 Å². The number of ether oxygens (including phenoxy) is 1. The second kappa shape index (κ2) is 11.5. The summed E-state index contributed by atoms with van der Waals surface area (Å²) in [6.45, 7) is 3.54. The molecule has 0 aliphatic rings. The molecule has 0 radical (unpaired) electrons. The highest BCUT2D eigenvalue weighted by atomic mass is 32.1. The summed E-state index contributed by atoms with van der Waals surface area (Å²) in [5.74, 6) is 0.217. The molecular formula is C20H28FN5O2S. The molecule has 9 heteroatoms. The molecule has 2 rings (SSSR count). The topological polar surface area (TPSA) is 78.9 Å². The summed E-state index contributed by atoms with van der Waals surface area (Å²) in [6, 6.07) is 6.06. The molecule has 1 unspecified atom stereocenters. The Morgan fingerprint density at radius 2 is 2.14 bits per heavy atom. The van der Waals surface area contributed by atoms with Crippen LogP contribution in [0.3, 0.4) is 0 Å². The number of amides is 1. The summed E-state index contributed by atoms with van der Waals surface area (Å²) in [7, 11) is 5.30. The van der Waals surface area contributed by atoms with E-state index in [1.165, 1.54) is 12.1 Å². The Morgan fingerprint density at radius 1 is 1.38 bits per heavy atom. The molecule has 0 fully saturated rings. The lowest BCUT2D eigenvalue weighted by Crippen LogP contribution is -2.42. The lowest BCUT2D eigenvalue weighted by molar-refractivity contribution is -0.120. The first-order valence-electron chi connectivity index (χ1n) is 9.33. The van der Waals surface area contributed by atoms with Gasteiger partial charge in [-0.15, -0.1) is 11.3 Å². The van der Waals surface area contributed by atoms with E-state index in [2.05, 4.69) is 20.6 Å². The molecule has 7 nitrogen and oxygen atoms in total. The molecule has 1 amide bonds. The standard InChI is InChI=1S/C20H28FN5O2S/c1-14(28-4)19-25-17(13-29-19)12-26(3)20(22-2)24-9-8-23-18(27)11-15-6-5-7-16(21)10-15/h5-7,10,13-14H,8-9,11-12H2,1-4H3,(H,22,24)(H,23,27). The van der Waals surface area contributed by atoms with E-state index in [1.807, 2.05) is 24.3 Å². The number of hydrogen-bond donors (Lipinski definition) is 2. The summed E-state index contributed by atoms with van der Waals surface area (Å²) in [6.07, 6.45) is 0.130. The average Bonchev–Trinajstić information content (AvgIpc) is 3.15. The number of carbonyl (C=O) groups is 1. The molecule has 2 aromatic rings.